The van der Waals surface area contributed by atoms with E-state index in [0.717, 1.165) is 18.2 Å². The number of amides is 1. The monoisotopic (exact) mass is 461 g/mol. The third kappa shape index (κ3) is 3.56. The molecule has 1 aliphatic rings. The van der Waals surface area contributed by atoms with E-state index in [-0.39, 0.29) is 23.1 Å². The number of halogens is 3. The van der Waals surface area contributed by atoms with Crippen molar-refractivity contribution in [3.63, 3.8) is 0 Å². The number of rotatable bonds is 4. The predicted octanol–water partition coefficient (Wildman–Crippen LogP) is 5.00. The number of carbonyl (C=O) groups excluding carboxylic acids is 1. The number of thiophene rings is 1. The standard InChI is InChI=1S/C21H18F3N5O2S/c1-2-12-9-16(31-27-12)15-5-3-7-28(15)20(30)14-11-19-25-13(17-6-4-8-32-17)10-18(21(22,23)24)29(19)26-14/h4,6,8-11,15H,2-3,5,7H2,1H3. The van der Waals surface area contributed by atoms with Gasteiger partial charge in [-0.1, -0.05) is 18.1 Å². The first-order valence-electron chi connectivity index (χ1n) is 10.1. The Morgan fingerprint density at radius 2 is 2.16 bits per heavy atom. The Morgan fingerprint density at radius 1 is 1.31 bits per heavy atom. The highest BCUT2D eigenvalue weighted by Gasteiger charge is 2.38. The third-order valence-electron chi connectivity index (χ3n) is 5.49. The fourth-order valence-corrected chi connectivity index (χ4v) is 4.62. The van der Waals surface area contributed by atoms with Crippen molar-refractivity contribution in [3.8, 4) is 10.6 Å². The maximum absolute atomic E-state index is 13.8. The molecule has 1 atom stereocenters. The number of carbonyl (C=O) groups is 1. The second-order valence-electron chi connectivity index (χ2n) is 7.53. The molecule has 0 aromatic carbocycles. The lowest BCUT2D eigenvalue weighted by atomic mass is 10.1. The third-order valence-corrected chi connectivity index (χ3v) is 6.38. The molecule has 5 heterocycles. The van der Waals surface area contributed by atoms with Crippen LogP contribution in [0.15, 0.2) is 40.2 Å². The van der Waals surface area contributed by atoms with Crippen LogP contribution < -0.4 is 0 Å². The first-order chi connectivity index (χ1) is 15.3. The van der Waals surface area contributed by atoms with Gasteiger partial charge in [0.25, 0.3) is 5.91 Å². The van der Waals surface area contributed by atoms with Gasteiger partial charge in [0.2, 0.25) is 0 Å². The van der Waals surface area contributed by atoms with Gasteiger partial charge in [0.15, 0.2) is 22.8 Å². The van der Waals surface area contributed by atoms with Crippen LogP contribution in [0, 0.1) is 0 Å². The first kappa shape index (κ1) is 20.7. The zero-order chi connectivity index (χ0) is 22.5. The highest BCUT2D eigenvalue weighted by molar-refractivity contribution is 7.13. The molecule has 0 radical (unpaired) electrons. The minimum absolute atomic E-state index is 0.0322. The number of aromatic nitrogens is 4. The van der Waals surface area contributed by atoms with Crippen LogP contribution in [0.25, 0.3) is 16.2 Å². The predicted molar refractivity (Wildman–Crippen MR) is 110 cm³/mol. The summed E-state index contributed by atoms with van der Waals surface area (Å²) in [5.74, 6) is 0.115. The zero-order valence-corrected chi connectivity index (χ0v) is 17.8. The lowest BCUT2D eigenvalue weighted by Crippen LogP contribution is -2.30. The van der Waals surface area contributed by atoms with E-state index in [0.29, 0.717) is 34.5 Å². The van der Waals surface area contributed by atoms with E-state index < -0.39 is 17.8 Å². The second kappa shape index (κ2) is 7.73. The van der Waals surface area contributed by atoms with E-state index in [2.05, 4.69) is 15.2 Å². The topological polar surface area (TPSA) is 76.5 Å². The Labute approximate surface area is 184 Å². The molecule has 0 aliphatic carbocycles. The van der Waals surface area contributed by atoms with E-state index in [9.17, 15) is 18.0 Å². The van der Waals surface area contributed by atoms with Crippen molar-refractivity contribution in [3.05, 3.63) is 58.6 Å². The summed E-state index contributed by atoms with van der Waals surface area (Å²) >= 11 is 1.29. The molecule has 0 bridgehead atoms. The van der Waals surface area contributed by atoms with Crippen molar-refractivity contribution >= 4 is 22.9 Å². The first-order valence-corrected chi connectivity index (χ1v) is 11.0. The normalized spacial score (nSPS) is 16.9. The lowest BCUT2D eigenvalue weighted by Gasteiger charge is -2.21. The Morgan fingerprint density at radius 3 is 2.84 bits per heavy atom. The van der Waals surface area contributed by atoms with Crippen molar-refractivity contribution in [1.82, 2.24) is 24.7 Å². The second-order valence-corrected chi connectivity index (χ2v) is 8.48. The van der Waals surface area contributed by atoms with Gasteiger partial charge in [0, 0.05) is 18.7 Å². The number of hydrogen-bond donors (Lipinski definition) is 0. The Kier molecular flexibility index (Phi) is 5.00. The summed E-state index contributed by atoms with van der Waals surface area (Å²) in [6.45, 7) is 2.41. The number of hydrogen-bond acceptors (Lipinski definition) is 6. The summed E-state index contributed by atoms with van der Waals surface area (Å²) in [6, 6.07) is 7.20. The summed E-state index contributed by atoms with van der Waals surface area (Å²) < 4.78 is 47.4. The Hall–Kier alpha value is -3.21. The quantitative estimate of drug-likeness (QED) is 0.427. The van der Waals surface area contributed by atoms with E-state index >= 15 is 0 Å². The van der Waals surface area contributed by atoms with Gasteiger partial charge < -0.3 is 9.42 Å². The molecular formula is C21H18F3N5O2S. The molecule has 1 unspecified atom stereocenters. The molecule has 1 aliphatic heterocycles. The van der Waals surface area contributed by atoms with Gasteiger partial charge in [-0.05, 0) is 36.8 Å². The molecule has 166 valence electrons. The molecule has 1 fully saturated rings. The van der Waals surface area contributed by atoms with Gasteiger partial charge in [-0.25, -0.2) is 9.50 Å². The summed E-state index contributed by atoms with van der Waals surface area (Å²) in [4.78, 5) is 19.7. The smallest absolute Gasteiger partial charge is 0.359 e. The molecule has 4 aromatic rings. The van der Waals surface area contributed by atoms with Crippen molar-refractivity contribution in [2.75, 3.05) is 6.54 Å². The summed E-state index contributed by atoms with van der Waals surface area (Å²) in [5, 5.41) is 9.75. The number of fused-ring (bicyclic) bond motifs is 1. The molecule has 5 rings (SSSR count). The average molecular weight is 461 g/mol. The van der Waals surface area contributed by atoms with Crippen molar-refractivity contribution in [2.24, 2.45) is 0 Å². The largest absolute Gasteiger partial charge is 0.433 e. The molecule has 4 aromatic heterocycles. The van der Waals surface area contributed by atoms with Crippen LogP contribution in [0.2, 0.25) is 0 Å². The maximum Gasteiger partial charge on any atom is 0.433 e. The maximum atomic E-state index is 13.8. The van der Waals surface area contributed by atoms with Crippen LogP contribution >= 0.6 is 11.3 Å². The van der Waals surface area contributed by atoms with Crippen LogP contribution in [0.5, 0.6) is 0 Å². The van der Waals surface area contributed by atoms with Gasteiger partial charge in [0.1, 0.15) is 0 Å². The molecule has 7 nitrogen and oxygen atoms in total. The molecule has 1 amide bonds. The number of likely N-dealkylation sites (tertiary alicyclic amines) is 1. The van der Waals surface area contributed by atoms with Crippen LogP contribution in [0.3, 0.4) is 0 Å². The number of alkyl halides is 3. The highest BCUT2D eigenvalue weighted by Crippen LogP contribution is 2.35. The number of nitrogens with zero attached hydrogens (tertiary/aromatic N) is 5. The van der Waals surface area contributed by atoms with Gasteiger partial charge in [-0.15, -0.1) is 11.3 Å². The molecule has 0 spiro atoms. The van der Waals surface area contributed by atoms with Crippen LogP contribution in [0.4, 0.5) is 13.2 Å². The van der Waals surface area contributed by atoms with Crippen molar-refractivity contribution < 1.29 is 22.5 Å². The summed E-state index contributed by atoms with van der Waals surface area (Å²) in [6.07, 6.45) is -2.52. The fourth-order valence-electron chi connectivity index (χ4n) is 3.94. The molecule has 11 heteroatoms. The molecule has 0 saturated carbocycles. The summed E-state index contributed by atoms with van der Waals surface area (Å²) in [5.41, 5.74) is -0.131. The lowest BCUT2D eigenvalue weighted by molar-refractivity contribution is -0.142. The van der Waals surface area contributed by atoms with E-state index in [1.807, 2.05) is 13.0 Å². The Balaban J connectivity index is 1.54. The van der Waals surface area contributed by atoms with Gasteiger partial charge >= 0.3 is 6.18 Å². The molecular weight excluding hydrogens is 443 g/mol. The zero-order valence-electron chi connectivity index (χ0n) is 17.0. The minimum atomic E-state index is -4.66. The average Bonchev–Trinajstić information content (AvgIpc) is 3.56. The SMILES string of the molecule is CCc1cc(C2CCCN2C(=O)c2cc3nc(-c4cccs4)cc(C(F)(F)F)n3n2)on1. The number of aryl methyl sites for hydroxylation is 1. The van der Waals surface area contributed by atoms with Crippen LogP contribution in [0.1, 0.15) is 53.4 Å². The van der Waals surface area contributed by atoms with Gasteiger partial charge in [-0.2, -0.15) is 18.3 Å². The van der Waals surface area contributed by atoms with Gasteiger partial charge in [-0.3, -0.25) is 4.79 Å². The van der Waals surface area contributed by atoms with Gasteiger partial charge in [0.05, 0.1) is 22.3 Å². The van der Waals surface area contributed by atoms with E-state index in [4.69, 9.17) is 4.52 Å². The molecule has 32 heavy (non-hydrogen) atoms. The molecule has 1 saturated heterocycles. The summed E-state index contributed by atoms with van der Waals surface area (Å²) in [7, 11) is 0. The van der Waals surface area contributed by atoms with E-state index in [1.54, 1.807) is 22.4 Å². The van der Waals surface area contributed by atoms with Crippen molar-refractivity contribution in [2.45, 2.75) is 38.4 Å². The Bertz CT molecular complexity index is 1280. The molecule has 0 N–H and O–H groups in total. The van der Waals surface area contributed by atoms with Crippen LogP contribution in [-0.4, -0.2) is 37.1 Å². The van der Waals surface area contributed by atoms with Crippen LogP contribution in [-0.2, 0) is 12.6 Å². The van der Waals surface area contributed by atoms with Crippen molar-refractivity contribution in [1.29, 1.82) is 0 Å². The minimum Gasteiger partial charge on any atom is -0.359 e. The fraction of sp³-hybridized carbons (Fsp3) is 0.333. The highest BCUT2D eigenvalue weighted by atomic mass is 32.1. The van der Waals surface area contributed by atoms with E-state index in [1.165, 1.54) is 17.4 Å².